The van der Waals surface area contributed by atoms with Gasteiger partial charge in [-0.05, 0) is 29.3 Å². The highest BCUT2D eigenvalue weighted by atomic mass is 35.5. The van der Waals surface area contributed by atoms with Gasteiger partial charge in [0.2, 0.25) is 11.8 Å². The summed E-state index contributed by atoms with van der Waals surface area (Å²) >= 11 is 5.95. The lowest BCUT2D eigenvalue weighted by atomic mass is 9.72. The van der Waals surface area contributed by atoms with E-state index in [4.69, 9.17) is 11.6 Å². The lowest BCUT2D eigenvalue weighted by Gasteiger charge is -2.31. The van der Waals surface area contributed by atoms with Crippen molar-refractivity contribution in [1.29, 1.82) is 0 Å². The molecule has 0 fully saturated rings. The van der Waals surface area contributed by atoms with Gasteiger partial charge in [-0.15, -0.1) is 0 Å². The summed E-state index contributed by atoms with van der Waals surface area (Å²) < 4.78 is 1.71. The molecule has 5 rings (SSSR count). The third-order valence-electron chi connectivity index (χ3n) is 5.25. The van der Waals surface area contributed by atoms with Gasteiger partial charge < -0.3 is 10.6 Å². The quantitative estimate of drug-likeness (QED) is 0.719. The Morgan fingerprint density at radius 1 is 1.04 bits per heavy atom. The molecule has 0 unspecified atom stereocenters. The molecule has 27 heavy (non-hydrogen) atoms. The SMILES string of the molecule is O=C1C[C@]2(C(=O)Nc3ccccc32)c2cnn(Cc3ccc(Cl)cc3)c2N1. The van der Waals surface area contributed by atoms with Gasteiger partial charge in [-0.1, -0.05) is 41.9 Å². The molecule has 134 valence electrons. The van der Waals surface area contributed by atoms with Gasteiger partial charge in [0, 0.05) is 22.7 Å². The van der Waals surface area contributed by atoms with Crippen LogP contribution in [0.5, 0.6) is 0 Å². The predicted octanol–water partition coefficient (Wildman–Crippen LogP) is 3.17. The first kappa shape index (κ1) is 16.1. The molecule has 3 heterocycles. The highest BCUT2D eigenvalue weighted by Crippen LogP contribution is 2.49. The summed E-state index contributed by atoms with van der Waals surface area (Å²) in [7, 11) is 0. The Balaban J connectivity index is 1.64. The molecule has 2 N–H and O–H groups in total. The first-order valence-electron chi connectivity index (χ1n) is 8.59. The number of nitrogens with one attached hydrogen (secondary N) is 2. The van der Waals surface area contributed by atoms with Crippen LogP contribution in [0.4, 0.5) is 11.5 Å². The van der Waals surface area contributed by atoms with Crippen molar-refractivity contribution in [2.24, 2.45) is 0 Å². The largest absolute Gasteiger partial charge is 0.325 e. The monoisotopic (exact) mass is 378 g/mol. The molecule has 2 aliphatic rings. The summed E-state index contributed by atoms with van der Waals surface area (Å²) in [6, 6.07) is 14.9. The van der Waals surface area contributed by atoms with E-state index in [1.165, 1.54) is 0 Å². The Labute approximate surface area is 160 Å². The van der Waals surface area contributed by atoms with Crippen LogP contribution in [0.25, 0.3) is 0 Å². The molecule has 3 aromatic rings. The fourth-order valence-corrected chi connectivity index (χ4v) is 4.11. The Morgan fingerprint density at radius 2 is 1.81 bits per heavy atom. The molecule has 0 bridgehead atoms. The molecule has 0 saturated heterocycles. The van der Waals surface area contributed by atoms with E-state index < -0.39 is 5.41 Å². The average Bonchev–Trinajstić information content (AvgIpc) is 3.17. The average molecular weight is 379 g/mol. The van der Waals surface area contributed by atoms with Crippen LogP contribution in [0.3, 0.4) is 0 Å². The van der Waals surface area contributed by atoms with Crippen molar-refractivity contribution < 1.29 is 9.59 Å². The molecule has 2 amide bonds. The van der Waals surface area contributed by atoms with Crippen LogP contribution in [-0.4, -0.2) is 21.6 Å². The number of carbonyl (C=O) groups excluding carboxylic acids is 2. The molecular formula is C20H15ClN4O2. The number of benzene rings is 2. The van der Waals surface area contributed by atoms with Crippen molar-refractivity contribution in [2.75, 3.05) is 10.6 Å². The van der Waals surface area contributed by atoms with Gasteiger partial charge in [0.05, 0.1) is 12.7 Å². The molecule has 1 atom stereocenters. The van der Waals surface area contributed by atoms with Gasteiger partial charge in [-0.2, -0.15) is 5.10 Å². The van der Waals surface area contributed by atoms with Gasteiger partial charge in [0.15, 0.2) is 0 Å². The first-order valence-corrected chi connectivity index (χ1v) is 8.97. The number of hydrogen-bond donors (Lipinski definition) is 2. The number of para-hydroxylation sites is 1. The van der Waals surface area contributed by atoms with E-state index >= 15 is 0 Å². The van der Waals surface area contributed by atoms with E-state index in [2.05, 4.69) is 15.7 Å². The maximum Gasteiger partial charge on any atom is 0.240 e. The van der Waals surface area contributed by atoms with Crippen molar-refractivity contribution in [3.05, 3.63) is 76.4 Å². The van der Waals surface area contributed by atoms with Crippen LogP contribution >= 0.6 is 11.6 Å². The predicted molar refractivity (Wildman–Crippen MR) is 102 cm³/mol. The summed E-state index contributed by atoms with van der Waals surface area (Å²) in [4.78, 5) is 25.5. The van der Waals surface area contributed by atoms with E-state index in [0.29, 0.717) is 17.4 Å². The number of carbonyl (C=O) groups is 2. The smallest absolute Gasteiger partial charge is 0.240 e. The number of fused-ring (bicyclic) bond motifs is 4. The van der Waals surface area contributed by atoms with Gasteiger partial charge >= 0.3 is 0 Å². The fraction of sp³-hybridized carbons (Fsp3) is 0.150. The van der Waals surface area contributed by atoms with Gasteiger partial charge in [0.1, 0.15) is 11.2 Å². The second-order valence-corrected chi connectivity index (χ2v) is 7.26. The summed E-state index contributed by atoms with van der Waals surface area (Å²) in [6.07, 6.45) is 1.75. The molecular weight excluding hydrogens is 364 g/mol. The zero-order valence-electron chi connectivity index (χ0n) is 14.2. The zero-order valence-corrected chi connectivity index (χ0v) is 15.0. The molecule has 0 aliphatic carbocycles. The van der Waals surface area contributed by atoms with Crippen molar-refractivity contribution in [3.63, 3.8) is 0 Å². The molecule has 6 nitrogen and oxygen atoms in total. The van der Waals surface area contributed by atoms with Gasteiger partial charge in [-0.3, -0.25) is 9.59 Å². The molecule has 0 saturated carbocycles. The number of aromatic nitrogens is 2. The minimum absolute atomic E-state index is 0.0650. The Bertz CT molecular complexity index is 1090. The Hall–Kier alpha value is -3.12. The molecule has 1 spiro atoms. The highest BCUT2D eigenvalue weighted by Gasteiger charge is 2.54. The number of hydrogen-bond acceptors (Lipinski definition) is 3. The number of rotatable bonds is 2. The maximum atomic E-state index is 13.0. The molecule has 1 aromatic heterocycles. The van der Waals surface area contributed by atoms with Crippen LogP contribution in [0.2, 0.25) is 5.02 Å². The lowest BCUT2D eigenvalue weighted by Crippen LogP contribution is -2.43. The van der Waals surface area contributed by atoms with Crippen LogP contribution in [0.1, 0.15) is 23.1 Å². The van der Waals surface area contributed by atoms with E-state index in [1.807, 2.05) is 48.5 Å². The van der Waals surface area contributed by atoms with Crippen LogP contribution in [-0.2, 0) is 21.5 Å². The van der Waals surface area contributed by atoms with E-state index in [0.717, 1.165) is 22.4 Å². The van der Waals surface area contributed by atoms with Crippen molar-refractivity contribution >= 4 is 34.9 Å². The second kappa shape index (κ2) is 5.69. The van der Waals surface area contributed by atoms with Crippen LogP contribution in [0, 0.1) is 0 Å². The second-order valence-electron chi connectivity index (χ2n) is 6.82. The van der Waals surface area contributed by atoms with Crippen molar-refractivity contribution in [3.8, 4) is 0 Å². The van der Waals surface area contributed by atoms with E-state index in [1.54, 1.807) is 10.9 Å². The van der Waals surface area contributed by atoms with Gasteiger partial charge in [-0.25, -0.2) is 4.68 Å². The number of nitrogens with zero attached hydrogens (tertiary/aromatic N) is 2. The molecule has 2 aliphatic heterocycles. The van der Waals surface area contributed by atoms with Crippen LogP contribution < -0.4 is 10.6 Å². The zero-order chi connectivity index (χ0) is 18.6. The third-order valence-corrected chi connectivity index (χ3v) is 5.50. The Morgan fingerprint density at radius 3 is 2.63 bits per heavy atom. The summed E-state index contributed by atoms with van der Waals surface area (Å²) in [5.74, 6) is 0.172. The molecule has 2 aromatic carbocycles. The van der Waals surface area contributed by atoms with Crippen molar-refractivity contribution in [1.82, 2.24) is 9.78 Å². The van der Waals surface area contributed by atoms with E-state index in [-0.39, 0.29) is 18.2 Å². The topological polar surface area (TPSA) is 76.0 Å². The van der Waals surface area contributed by atoms with E-state index in [9.17, 15) is 9.59 Å². The minimum Gasteiger partial charge on any atom is -0.325 e. The number of anilines is 2. The standard InChI is InChI=1S/C20H15ClN4O2/c21-13-7-5-12(6-8-13)11-25-18-15(10-22-25)20(9-17(26)24-18)14-3-1-2-4-16(14)23-19(20)27/h1-8,10H,9,11H2,(H,23,27)(H,24,26)/t20-/m1/s1. The maximum absolute atomic E-state index is 13.0. The summed E-state index contributed by atoms with van der Waals surface area (Å²) in [5.41, 5.74) is 2.24. The minimum atomic E-state index is -1.04. The number of amides is 2. The number of halogens is 1. The third kappa shape index (κ3) is 2.30. The highest BCUT2D eigenvalue weighted by molar-refractivity contribution is 6.30. The lowest BCUT2D eigenvalue weighted by molar-refractivity contribution is -0.125. The Kier molecular flexibility index (Phi) is 3.39. The van der Waals surface area contributed by atoms with Crippen molar-refractivity contribution in [2.45, 2.75) is 18.4 Å². The molecule has 7 heteroatoms. The van der Waals surface area contributed by atoms with Crippen LogP contribution in [0.15, 0.2) is 54.7 Å². The summed E-state index contributed by atoms with van der Waals surface area (Å²) in [6.45, 7) is 0.464. The normalized spacial score (nSPS) is 20.2. The molecule has 0 radical (unpaired) electrons. The fourth-order valence-electron chi connectivity index (χ4n) is 3.98. The summed E-state index contributed by atoms with van der Waals surface area (Å²) in [5, 5.41) is 10.9. The van der Waals surface area contributed by atoms with Gasteiger partial charge in [0.25, 0.3) is 0 Å². The first-order chi connectivity index (χ1) is 13.1.